The molecular weight excluding hydrogens is 496 g/mol. The number of rotatable bonds is 12. The second-order valence-corrected chi connectivity index (χ2v) is 8.71. The maximum atomic E-state index is 12.7. The molecule has 1 fully saturated rings. The van der Waals surface area contributed by atoms with Gasteiger partial charge in [-0.15, -0.1) is 0 Å². The molecule has 2 N–H and O–H groups in total. The van der Waals surface area contributed by atoms with E-state index >= 15 is 0 Å². The van der Waals surface area contributed by atoms with Crippen molar-refractivity contribution < 1.29 is 43.2 Å². The molecule has 1 aliphatic rings. The molecule has 2 aromatic carbocycles. The smallest absolute Gasteiger partial charge is 0.348 e. The van der Waals surface area contributed by atoms with Gasteiger partial charge < -0.3 is 38.5 Å². The summed E-state index contributed by atoms with van der Waals surface area (Å²) in [5.41, 5.74) is 2.04. The zero-order valence-electron chi connectivity index (χ0n) is 23.0. The minimum absolute atomic E-state index is 0.218. The molecular formula is C27H38N2O9. The third kappa shape index (κ3) is 6.35. The first-order valence-corrected chi connectivity index (χ1v) is 12.4. The van der Waals surface area contributed by atoms with E-state index in [0.717, 1.165) is 30.4 Å². The number of amides is 2. The first-order valence-electron chi connectivity index (χ1n) is 12.4. The van der Waals surface area contributed by atoms with Crippen molar-refractivity contribution in [2.24, 2.45) is 0 Å². The Morgan fingerprint density at radius 2 is 1.47 bits per heavy atom. The maximum Gasteiger partial charge on any atom is 0.348 e. The van der Waals surface area contributed by atoms with E-state index in [9.17, 15) is 10.0 Å². The number of carbonyl (C=O) groups excluding carboxylic acids is 1. The summed E-state index contributed by atoms with van der Waals surface area (Å²) < 4.78 is 39.4. The van der Waals surface area contributed by atoms with Gasteiger partial charge in [0.1, 0.15) is 0 Å². The van der Waals surface area contributed by atoms with E-state index in [2.05, 4.69) is 5.32 Å². The topological polar surface area (TPSA) is 117 Å². The third-order valence-corrected chi connectivity index (χ3v) is 6.33. The summed E-state index contributed by atoms with van der Waals surface area (Å²) in [6, 6.07) is 6.61. The second kappa shape index (κ2) is 13.4. The van der Waals surface area contributed by atoms with Crippen molar-refractivity contribution in [3.63, 3.8) is 0 Å². The maximum absolute atomic E-state index is 12.7. The fraction of sp³-hybridized carbons (Fsp3) is 0.519. The monoisotopic (exact) mass is 534 g/mol. The predicted octanol–water partition coefficient (Wildman–Crippen LogP) is 5.32. The van der Waals surface area contributed by atoms with Crippen molar-refractivity contribution in [3.05, 3.63) is 35.4 Å². The number of methoxy groups -OCH3 is 5. The molecule has 0 bridgehead atoms. The van der Waals surface area contributed by atoms with Crippen LogP contribution in [0.4, 0.5) is 10.5 Å². The van der Waals surface area contributed by atoms with E-state index in [1.54, 1.807) is 34.3 Å². The van der Waals surface area contributed by atoms with Crippen LogP contribution in [-0.2, 0) is 9.47 Å². The van der Waals surface area contributed by atoms with Gasteiger partial charge >= 0.3 is 6.03 Å². The Bertz CT molecular complexity index is 1070. The zero-order valence-corrected chi connectivity index (χ0v) is 23.0. The molecule has 1 heterocycles. The van der Waals surface area contributed by atoms with Crippen LogP contribution in [0.2, 0.25) is 0 Å². The molecule has 0 aromatic heterocycles. The molecule has 2 aromatic rings. The highest BCUT2D eigenvalue weighted by Crippen LogP contribution is 2.48. The molecule has 0 aliphatic carbocycles. The Morgan fingerprint density at radius 1 is 0.947 bits per heavy atom. The molecule has 11 heteroatoms. The van der Waals surface area contributed by atoms with Gasteiger partial charge in [0.15, 0.2) is 29.2 Å². The Morgan fingerprint density at radius 3 is 1.95 bits per heavy atom. The van der Waals surface area contributed by atoms with Crippen molar-refractivity contribution in [1.82, 2.24) is 5.06 Å². The van der Waals surface area contributed by atoms with Gasteiger partial charge in [-0.1, -0.05) is 6.92 Å². The molecule has 0 saturated carbocycles. The van der Waals surface area contributed by atoms with Crippen molar-refractivity contribution >= 4 is 11.7 Å². The average Bonchev–Trinajstić information content (AvgIpc) is 3.44. The Labute approximate surface area is 223 Å². The third-order valence-electron chi connectivity index (χ3n) is 6.33. The summed E-state index contributed by atoms with van der Waals surface area (Å²) in [5.74, 6) is 2.43. The summed E-state index contributed by atoms with van der Waals surface area (Å²) in [4.78, 5) is 12.7. The van der Waals surface area contributed by atoms with E-state index in [-0.39, 0.29) is 12.2 Å². The largest absolute Gasteiger partial charge is 0.493 e. The van der Waals surface area contributed by atoms with Gasteiger partial charge in [-0.25, -0.2) is 4.79 Å². The molecule has 0 radical (unpaired) electrons. The average molecular weight is 535 g/mol. The van der Waals surface area contributed by atoms with Crippen molar-refractivity contribution in [2.75, 3.05) is 47.5 Å². The fourth-order valence-electron chi connectivity index (χ4n) is 4.26. The number of urea groups is 1. The molecule has 1 saturated heterocycles. The zero-order chi connectivity index (χ0) is 27.8. The lowest BCUT2D eigenvalue weighted by Crippen LogP contribution is -2.39. The van der Waals surface area contributed by atoms with Gasteiger partial charge in [0.2, 0.25) is 5.75 Å². The van der Waals surface area contributed by atoms with E-state index in [1.807, 2.05) is 25.1 Å². The summed E-state index contributed by atoms with van der Waals surface area (Å²) in [5, 5.41) is 13.4. The molecule has 3 atom stereocenters. The van der Waals surface area contributed by atoms with Gasteiger partial charge in [0.05, 0.1) is 52.9 Å². The molecule has 210 valence electrons. The highest BCUT2D eigenvalue weighted by molar-refractivity contribution is 5.91. The van der Waals surface area contributed by atoms with Crippen LogP contribution in [0.3, 0.4) is 0 Å². The van der Waals surface area contributed by atoms with Crippen LogP contribution < -0.4 is 29.0 Å². The van der Waals surface area contributed by atoms with Crippen LogP contribution in [0.15, 0.2) is 24.3 Å². The summed E-state index contributed by atoms with van der Waals surface area (Å²) in [6.45, 7) is 3.93. The van der Waals surface area contributed by atoms with Crippen LogP contribution in [0, 0.1) is 0 Å². The second-order valence-electron chi connectivity index (χ2n) is 8.71. The number of hydroxylamine groups is 2. The Kier molecular flexibility index (Phi) is 10.3. The molecule has 0 spiro atoms. The highest BCUT2D eigenvalue weighted by atomic mass is 16.6. The lowest BCUT2D eigenvalue weighted by molar-refractivity contribution is -0.155. The minimum atomic E-state index is -0.850. The number of benzene rings is 2. The summed E-state index contributed by atoms with van der Waals surface area (Å²) in [6.07, 6.45) is 0.874. The molecule has 2 amide bonds. The van der Waals surface area contributed by atoms with E-state index in [4.69, 9.17) is 33.2 Å². The molecule has 3 rings (SSSR count). The first kappa shape index (κ1) is 29.2. The molecule has 3 unspecified atom stereocenters. The number of hydrogen-bond acceptors (Lipinski definition) is 9. The van der Waals surface area contributed by atoms with E-state index < -0.39 is 12.3 Å². The van der Waals surface area contributed by atoms with E-state index in [1.165, 1.54) is 14.2 Å². The number of anilines is 1. The number of nitrogens with one attached hydrogen (secondary N) is 1. The van der Waals surface area contributed by atoms with Gasteiger partial charge in [-0.3, -0.25) is 5.21 Å². The van der Waals surface area contributed by atoms with Crippen LogP contribution >= 0.6 is 0 Å². The van der Waals surface area contributed by atoms with Crippen molar-refractivity contribution in [1.29, 1.82) is 0 Å². The Hall–Kier alpha value is -3.41. The van der Waals surface area contributed by atoms with Crippen LogP contribution in [0.1, 0.15) is 56.4 Å². The van der Waals surface area contributed by atoms with E-state index in [0.29, 0.717) is 46.1 Å². The Balaban J connectivity index is 1.93. The minimum Gasteiger partial charge on any atom is -0.493 e. The SMILES string of the molecule is CCCOc1c(NC(=O)N(O)C(C)OC)cc(C2CCC(c3cc(OC)c(OC)c(OC)c3)O2)cc1OC. The van der Waals surface area contributed by atoms with Crippen molar-refractivity contribution in [2.45, 2.75) is 51.5 Å². The van der Waals surface area contributed by atoms with Crippen LogP contribution in [0.5, 0.6) is 28.7 Å². The molecule has 1 aliphatic heterocycles. The predicted molar refractivity (Wildman–Crippen MR) is 140 cm³/mol. The standard InChI is InChI=1S/C27H38N2O9/c1-8-11-37-25-19(28-27(30)29(31)16(2)32-3)12-17(13-22(25)33-4)20-9-10-21(38-20)18-14-23(34-5)26(36-7)24(15-18)35-6/h12-16,20-21,31H,8-11H2,1-7H3,(H,28,30). The number of ether oxygens (including phenoxy) is 7. The van der Waals surface area contributed by atoms with Gasteiger partial charge in [0, 0.05) is 7.11 Å². The van der Waals surface area contributed by atoms with Crippen LogP contribution in [0.25, 0.3) is 0 Å². The molecule has 11 nitrogen and oxygen atoms in total. The lowest BCUT2D eigenvalue weighted by atomic mass is 10.0. The lowest BCUT2D eigenvalue weighted by Gasteiger charge is -2.24. The fourth-order valence-corrected chi connectivity index (χ4v) is 4.26. The summed E-state index contributed by atoms with van der Waals surface area (Å²) in [7, 11) is 7.63. The number of nitrogens with zero attached hydrogens (tertiary/aromatic N) is 1. The quantitative estimate of drug-likeness (QED) is 0.212. The molecule has 38 heavy (non-hydrogen) atoms. The number of hydrogen-bond donors (Lipinski definition) is 2. The summed E-state index contributed by atoms with van der Waals surface area (Å²) >= 11 is 0. The highest BCUT2D eigenvalue weighted by Gasteiger charge is 2.31. The normalized spacial score (nSPS) is 17.5. The van der Waals surface area contributed by atoms with Crippen molar-refractivity contribution in [3.8, 4) is 28.7 Å². The van der Waals surface area contributed by atoms with Gasteiger partial charge in [0.25, 0.3) is 0 Å². The first-order chi connectivity index (χ1) is 18.3. The van der Waals surface area contributed by atoms with Gasteiger partial charge in [-0.05, 0) is 61.6 Å². The van der Waals surface area contributed by atoms with Gasteiger partial charge in [-0.2, -0.15) is 5.06 Å². The van der Waals surface area contributed by atoms with Crippen LogP contribution in [-0.4, -0.2) is 64.7 Å². The number of carbonyl (C=O) groups is 1.